The Kier molecular flexibility index (Phi) is 8.63. The van der Waals surface area contributed by atoms with Gasteiger partial charge in [-0.2, -0.15) is 0 Å². The normalized spacial score (nSPS) is 9.83. The van der Waals surface area contributed by atoms with E-state index in [1.54, 1.807) is 31.4 Å². The number of hydrogen-bond acceptors (Lipinski definition) is 5. The van der Waals surface area contributed by atoms with Gasteiger partial charge >= 0.3 is 0 Å². The first-order valence-corrected chi connectivity index (χ1v) is 7.60. The maximum atomic E-state index is 12.2. The van der Waals surface area contributed by atoms with Crippen molar-refractivity contribution in [2.45, 2.75) is 19.8 Å². The fourth-order valence-corrected chi connectivity index (χ4v) is 1.78. The molecule has 2 amide bonds. The molecule has 0 fully saturated rings. The van der Waals surface area contributed by atoms with Gasteiger partial charge in [-0.05, 0) is 30.8 Å². The van der Waals surface area contributed by atoms with Gasteiger partial charge in [0.2, 0.25) is 5.91 Å². The number of para-hydroxylation sites is 1. The second-order valence-electron chi connectivity index (χ2n) is 4.54. The summed E-state index contributed by atoms with van der Waals surface area (Å²) >= 11 is 4.96. The average Bonchev–Trinajstić information content (AvgIpc) is 2.54. The van der Waals surface area contributed by atoms with Crippen LogP contribution >= 0.6 is 12.2 Å². The number of carbonyl (C=O) groups is 2. The maximum Gasteiger partial charge on any atom is 0.261 e. The number of amides is 2. The summed E-state index contributed by atoms with van der Waals surface area (Å²) in [5.41, 5.74) is 5.22. The lowest BCUT2D eigenvalue weighted by atomic mass is 10.2. The van der Waals surface area contributed by atoms with E-state index in [0.717, 1.165) is 6.42 Å². The number of thiocarbonyl (C=S) groups is 1. The number of hydrogen-bond donors (Lipinski definition) is 3. The number of rotatable bonds is 7. The predicted molar refractivity (Wildman–Crippen MR) is 90.1 cm³/mol. The Balaban J connectivity index is 2.56. The highest BCUT2D eigenvalue weighted by Crippen LogP contribution is 2.17. The maximum absolute atomic E-state index is 12.2. The van der Waals surface area contributed by atoms with E-state index < -0.39 is 5.91 Å². The van der Waals surface area contributed by atoms with Gasteiger partial charge in [0, 0.05) is 13.5 Å². The van der Waals surface area contributed by atoms with Crippen LogP contribution in [0.4, 0.5) is 0 Å². The lowest BCUT2D eigenvalue weighted by Gasteiger charge is -2.13. The Hall–Kier alpha value is -2.19. The van der Waals surface area contributed by atoms with Crippen molar-refractivity contribution in [3.8, 4) is 5.75 Å². The van der Waals surface area contributed by atoms with Crippen LogP contribution in [0.15, 0.2) is 24.3 Å². The van der Waals surface area contributed by atoms with Gasteiger partial charge in [-0.1, -0.05) is 19.1 Å². The lowest BCUT2D eigenvalue weighted by Crippen LogP contribution is -2.48. The van der Waals surface area contributed by atoms with Crippen LogP contribution in [-0.4, -0.2) is 37.3 Å². The van der Waals surface area contributed by atoms with Crippen molar-refractivity contribution in [3.63, 3.8) is 0 Å². The van der Waals surface area contributed by atoms with Crippen LogP contribution in [0.1, 0.15) is 30.1 Å². The van der Waals surface area contributed by atoms with Gasteiger partial charge in [0.25, 0.3) is 5.91 Å². The van der Waals surface area contributed by atoms with E-state index in [2.05, 4.69) is 16.2 Å². The van der Waals surface area contributed by atoms with Crippen molar-refractivity contribution in [2.24, 2.45) is 0 Å². The Morgan fingerprint density at radius 1 is 1.17 bits per heavy atom. The average molecular weight is 339 g/mol. The molecule has 8 heteroatoms. The zero-order valence-electron chi connectivity index (χ0n) is 13.2. The molecule has 0 saturated heterocycles. The molecule has 0 atom stereocenters. The molecule has 1 aromatic rings. The smallest absolute Gasteiger partial charge is 0.261 e. The van der Waals surface area contributed by atoms with E-state index >= 15 is 0 Å². The van der Waals surface area contributed by atoms with Crippen LogP contribution in [0.5, 0.6) is 5.75 Å². The SMILES string of the molecule is CCCC(=O)NNC(=S)NC(=O)c1ccccc1OCCOC. The van der Waals surface area contributed by atoms with Crippen molar-refractivity contribution >= 4 is 29.1 Å². The van der Waals surface area contributed by atoms with Crippen molar-refractivity contribution in [2.75, 3.05) is 20.3 Å². The molecule has 0 spiro atoms. The van der Waals surface area contributed by atoms with E-state index in [1.165, 1.54) is 0 Å². The minimum absolute atomic E-state index is 0.00569. The molecule has 0 unspecified atom stereocenters. The number of hydrazine groups is 1. The molecule has 0 aliphatic carbocycles. The van der Waals surface area contributed by atoms with Crippen LogP contribution in [0.2, 0.25) is 0 Å². The zero-order valence-corrected chi connectivity index (χ0v) is 14.0. The quantitative estimate of drug-likeness (QED) is 0.392. The molecular weight excluding hydrogens is 318 g/mol. The Morgan fingerprint density at radius 3 is 2.61 bits per heavy atom. The van der Waals surface area contributed by atoms with Gasteiger partial charge in [0.05, 0.1) is 12.2 Å². The molecule has 3 N–H and O–H groups in total. The van der Waals surface area contributed by atoms with Crippen molar-refractivity contribution in [1.82, 2.24) is 16.2 Å². The summed E-state index contributed by atoms with van der Waals surface area (Å²) in [6.07, 6.45) is 1.10. The topological polar surface area (TPSA) is 88.7 Å². The van der Waals surface area contributed by atoms with Gasteiger partial charge in [-0.15, -0.1) is 0 Å². The molecule has 126 valence electrons. The van der Waals surface area contributed by atoms with Gasteiger partial charge < -0.3 is 9.47 Å². The zero-order chi connectivity index (χ0) is 17.1. The molecule has 0 aliphatic heterocycles. The summed E-state index contributed by atoms with van der Waals surface area (Å²) in [4.78, 5) is 23.5. The van der Waals surface area contributed by atoms with E-state index in [-0.39, 0.29) is 11.0 Å². The van der Waals surface area contributed by atoms with Gasteiger partial charge in [-0.3, -0.25) is 25.8 Å². The summed E-state index contributed by atoms with van der Waals surface area (Å²) in [5, 5.41) is 2.49. The van der Waals surface area contributed by atoms with Gasteiger partial charge in [-0.25, -0.2) is 0 Å². The molecule has 0 aliphatic rings. The first-order valence-electron chi connectivity index (χ1n) is 7.19. The molecular formula is C15H21N3O4S. The Morgan fingerprint density at radius 2 is 1.91 bits per heavy atom. The second-order valence-corrected chi connectivity index (χ2v) is 4.95. The van der Waals surface area contributed by atoms with E-state index in [4.69, 9.17) is 21.7 Å². The van der Waals surface area contributed by atoms with Crippen LogP contribution in [-0.2, 0) is 9.53 Å². The molecule has 0 heterocycles. The van der Waals surface area contributed by atoms with Crippen LogP contribution in [0.3, 0.4) is 0 Å². The van der Waals surface area contributed by atoms with E-state index in [9.17, 15) is 9.59 Å². The third-order valence-electron chi connectivity index (χ3n) is 2.70. The fraction of sp³-hybridized carbons (Fsp3) is 0.400. The summed E-state index contributed by atoms with van der Waals surface area (Å²) in [6.45, 7) is 2.64. The number of ether oxygens (including phenoxy) is 2. The summed E-state index contributed by atoms with van der Waals surface area (Å²) in [7, 11) is 1.57. The molecule has 0 aromatic heterocycles. The molecule has 1 rings (SSSR count). The number of benzene rings is 1. The van der Waals surface area contributed by atoms with Crippen LogP contribution in [0, 0.1) is 0 Å². The minimum Gasteiger partial charge on any atom is -0.490 e. The van der Waals surface area contributed by atoms with Crippen molar-refractivity contribution in [3.05, 3.63) is 29.8 Å². The minimum atomic E-state index is -0.430. The second kappa shape index (κ2) is 10.5. The number of nitrogens with one attached hydrogen (secondary N) is 3. The predicted octanol–water partition coefficient (Wildman–Crippen LogP) is 1.15. The van der Waals surface area contributed by atoms with E-state index in [0.29, 0.717) is 30.9 Å². The first-order chi connectivity index (χ1) is 11.1. The molecule has 23 heavy (non-hydrogen) atoms. The highest BCUT2D eigenvalue weighted by Gasteiger charge is 2.13. The third kappa shape index (κ3) is 7.07. The third-order valence-corrected chi connectivity index (χ3v) is 2.90. The summed E-state index contributed by atoms with van der Waals surface area (Å²) in [6, 6.07) is 6.79. The summed E-state index contributed by atoms with van der Waals surface area (Å²) in [5.74, 6) is -0.201. The molecule has 1 aromatic carbocycles. The van der Waals surface area contributed by atoms with Gasteiger partial charge in [0.1, 0.15) is 12.4 Å². The Labute approximate surface area is 140 Å². The van der Waals surface area contributed by atoms with E-state index in [1.807, 2.05) is 6.92 Å². The van der Waals surface area contributed by atoms with Crippen molar-refractivity contribution < 1.29 is 19.1 Å². The Bertz CT molecular complexity index is 551. The molecule has 0 saturated carbocycles. The first kappa shape index (κ1) is 18.9. The monoisotopic (exact) mass is 339 g/mol. The fourth-order valence-electron chi connectivity index (χ4n) is 1.63. The van der Waals surface area contributed by atoms with Crippen LogP contribution < -0.4 is 20.9 Å². The summed E-state index contributed by atoms with van der Waals surface area (Å²) < 4.78 is 10.4. The standard InChI is InChI=1S/C15H21N3O4S/c1-3-6-13(19)17-18-15(23)16-14(20)11-7-4-5-8-12(11)22-10-9-21-2/h4-5,7-8H,3,6,9-10H2,1-2H3,(H,17,19)(H2,16,18,20,23). The largest absolute Gasteiger partial charge is 0.490 e. The molecule has 7 nitrogen and oxygen atoms in total. The van der Waals surface area contributed by atoms with Gasteiger partial charge in [0.15, 0.2) is 5.11 Å². The van der Waals surface area contributed by atoms with Crippen molar-refractivity contribution in [1.29, 1.82) is 0 Å². The molecule has 0 bridgehead atoms. The lowest BCUT2D eigenvalue weighted by molar-refractivity contribution is -0.121. The highest BCUT2D eigenvalue weighted by molar-refractivity contribution is 7.80. The number of carbonyl (C=O) groups excluding carboxylic acids is 2. The molecule has 0 radical (unpaired) electrons. The highest BCUT2D eigenvalue weighted by atomic mass is 32.1. The van der Waals surface area contributed by atoms with Crippen LogP contribution in [0.25, 0.3) is 0 Å². The number of methoxy groups -OCH3 is 1.